The normalized spacial score (nSPS) is 16.7. The Hall–Kier alpha value is -3.60. The first-order chi connectivity index (χ1) is 17.0. The molecular weight excluding hydrogens is 485 g/mol. The highest BCUT2D eigenvalue weighted by Gasteiger charge is 2.41. The Kier molecular flexibility index (Phi) is 7.86. The predicted octanol–water partition coefficient (Wildman–Crippen LogP) is 5.26. The zero-order valence-electron chi connectivity index (χ0n) is 18.6. The number of nitriles is 1. The first kappa shape index (κ1) is 24.5. The molecule has 0 bridgehead atoms. The fourth-order valence-corrected chi connectivity index (χ4v) is 5.24. The number of hydrogen-bond acceptors (Lipinski definition) is 4. The van der Waals surface area contributed by atoms with Crippen molar-refractivity contribution in [2.45, 2.75) is 18.1 Å². The standard InChI is InChI=1S/C27H21ClFN3O2S/c28-23-9-5-4-8-19(23)16-24-26(34)32(21-12-10-20(29)11-13-21)27(35-24)22(17-30)25(33)31-15-14-18-6-2-1-3-7-18/h1-13,24H,14-16H2,(H,31,33)/b27-22-/t24-/m0/s1. The van der Waals surface area contributed by atoms with Gasteiger partial charge in [-0.05, 0) is 54.3 Å². The van der Waals surface area contributed by atoms with Crippen LogP contribution in [0.5, 0.6) is 0 Å². The lowest BCUT2D eigenvalue weighted by Crippen LogP contribution is -2.32. The molecule has 1 fully saturated rings. The average molecular weight is 506 g/mol. The zero-order valence-corrected chi connectivity index (χ0v) is 20.2. The molecule has 35 heavy (non-hydrogen) atoms. The second-order valence-corrected chi connectivity index (χ2v) is 9.43. The molecular formula is C27H21ClFN3O2S. The fourth-order valence-electron chi connectivity index (χ4n) is 3.73. The van der Waals surface area contributed by atoms with E-state index in [-0.39, 0.29) is 16.5 Å². The molecule has 8 heteroatoms. The molecule has 3 aromatic rings. The van der Waals surface area contributed by atoms with Crippen molar-refractivity contribution in [1.29, 1.82) is 5.26 Å². The van der Waals surface area contributed by atoms with Crippen molar-refractivity contribution in [1.82, 2.24) is 5.32 Å². The van der Waals surface area contributed by atoms with Crippen LogP contribution in [0.3, 0.4) is 0 Å². The summed E-state index contributed by atoms with van der Waals surface area (Å²) in [6.07, 6.45) is 0.919. The minimum absolute atomic E-state index is 0.164. The summed E-state index contributed by atoms with van der Waals surface area (Å²) < 4.78 is 13.6. The van der Waals surface area contributed by atoms with Crippen molar-refractivity contribution >= 4 is 40.9 Å². The molecule has 2 amide bonds. The Morgan fingerprint density at radius 1 is 1.06 bits per heavy atom. The maximum atomic E-state index is 13.6. The summed E-state index contributed by atoms with van der Waals surface area (Å²) in [6.45, 7) is 0.333. The van der Waals surface area contributed by atoms with E-state index in [4.69, 9.17) is 11.6 Å². The third-order valence-corrected chi connectivity index (χ3v) is 7.13. The quantitative estimate of drug-likeness (QED) is 0.351. The maximum absolute atomic E-state index is 13.6. The Bertz CT molecular complexity index is 1310. The van der Waals surface area contributed by atoms with Crippen molar-refractivity contribution in [2.75, 3.05) is 11.4 Å². The molecule has 1 atom stereocenters. The summed E-state index contributed by atoms with van der Waals surface area (Å²) in [5, 5.41) is 12.8. The lowest BCUT2D eigenvalue weighted by Gasteiger charge is -2.18. The van der Waals surface area contributed by atoms with Crippen molar-refractivity contribution < 1.29 is 14.0 Å². The Balaban J connectivity index is 1.62. The van der Waals surface area contributed by atoms with Crippen molar-refractivity contribution in [3.63, 3.8) is 0 Å². The van der Waals surface area contributed by atoms with Crippen LogP contribution in [0.4, 0.5) is 10.1 Å². The molecule has 0 unspecified atom stereocenters. The van der Waals surface area contributed by atoms with Crippen molar-refractivity contribution in [3.05, 3.63) is 111 Å². The lowest BCUT2D eigenvalue weighted by molar-refractivity contribution is -0.117. The summed E-state index contributed by atoms with van der Waals surface area (Å²) in [7, 11) is 0. The largest absolute Gasteiger partial charge is 0.351 e. The van der Waals surface area contributed by atoms with Gasteiger partial charge in [-0.25, -0.2) is 4.39 Å². The number of anilines is 1. The maximum Gasteiger partial charge on any atom is 0.264 e. The summed E-state index contributed by atoms with van der Waals surface area (Å²) in [5.41, 5.74) is 2.05. The Labute approximate surface area is 212 Å². The number of carbonyl (C=O) groups is 2. The Morgan fingerprint density at radius 3 is 2.43 bits per heavy atom. The van der Waals surface area contributed by atoms with Crippen LogP contribution in [0.25, 0.3) is 0 Å². The van der Waals surface area contributed by atoms with Gasteiger partial charge in [0, 0.05) is 17.3 Å². The summed E-state index contributed by atoms with van der Waals surface area (Å²) in [4.78, 5) is 27.8. The van der Waals surface area contributed by atoms with Gasteiger partial charge in [0.2, 0.25) is 5.91 Å². The van der Waals surface area contributed by atoms with Gasteiger partial charge in [-0.1, -0.05) is 71.9 Å². The second-order valence-electron chi connectivity index (χ2n) is 7.84. The SMILES string of the molecule is N#C/C(C(=O)NCCc1ccccc1)=C1/S[C@@H](Cc2ccccc2Cl)C(=O)N1c1ccc(F)cc1. The first-order valence-electron chi connectivity index (χ1n) is 10.9. The number of benzene rings is 3. The summed E-state index contributed by atoms with van der Waals surface area (Å²) >= 11 is 7.44. The molecule has 1 saturated heterocycles. The van der Waals surface area contributed by atoms with Crippen LogP contribution in [0, 0.1) is 17.1 Å². The first-order valence-corrected chi connectivity index (χ1v) is 12.2. The van der Waals surface area contributed by atoms with Gasteiger partial charge in [0.1, 0.15) is 22.5 Å². The number of carbonyl (C=O) groups excluding carboxylic acids is 2. The van der Waals surface area contributed by atoms with E-state index in [1.54, 1.807) is 12.1 Å². The highest BCUT2D eigenvalue weighted by Crippen LogP contribution is 2.42. The molecule has 1 heterocycles. The van der Waals surface area contributed by atoms with Gasteiger partial charge < -0.3 is 5.32 Å². The van der Waals surface area contributed by atoms with Crippen LogP contribution >= 0.6 is 23.4 Å². The highest BCUT2D eigenvalue weighted by molar-refractivity contribution is 8.05. The van der Waals surface area contributed by atoms with E-state index in [0.717, 1.165) is 22.9 Å². The van der Waals surface area contributed by atoms with E-state index in [1.807, 2.05) is 48.5 Å². The van der Waals surface area contributed by atoms with Gasteiger partial charge >= 0.3 is 0 Å². The number of amides is 2. The number of thioether (sulfide) groups is 1. The summed E-state index contributed by atoms with van der Waals surface area (Å²) in [6, 6.07) is 24.2. The van der Waals surface area contributed by atoms with Crippen molar-refractivity contribution in [2.24, 2.45) is 0 Å². The molecule has 1 aliphatic heterocycles. The lowest BCUT2D eigenvalue weighted by atomic mass is 10.1. The van der Waals surface area contributed by atoms with Crippen LogP contribution in [0.15, 0.2) is 89.5 Å². The predicted molar refractivity (Wildman–Crippen MR) is 136 cm³/mol. The molecule has 3 aromatic carbocycles. The van der Waals surface area contributed by atoms with Crippen LogP contribution in [0.1, 0.15) is 11.1 Å². The monoisotopic (exact) mass is 505 g/mol. The van der Waals surface area contributed by atoms with E-state index < -0.39 is 17.0 Å². The molecule has 176 valence electrons. The molecule has 1 N–H and O–H groups in total. The number of halogens is 2. The third-order valence-electron chi connectivity index (χ3n) is 5.50. The van der Waals surface area contributed by atoms with Gasteiger partial charge in [-0.15, -0.1) is 0 Å². The van der Waals surface area contributed by atoms with Gasteiger partial charge in [0.25, 0.3) is 5.91 Å². The number of nitrogens with zero attached hydrogens (tertiary/aromatic N) is 2. The minimum Gasteiger partial charge on any atom is -0.351 e. The van der Waals surface area contributed by atoms with Gasteiger partial charge in [-0.2, -0.15) is 5.26 Å². The van der Waals surface area contributed by atoms with Crippen LogP contribution in [-0.2, 0) is 22.4 Å². The average Bonchev–Trinajstić information content (AvgIpc) is 3.17. The molecule has 4 rings (SSSR count). The van der Waals surface area contributed by atoms with Crippen LogP contribution in [0.2, 0.25) is 5.02 Å². The van der Waals surface area contributed by atoms with Gasteiger partial charge in [0.05, 0.1) is 5.25 Å². The number of hydrogen-bond donors (Lipinski definition) is 1. The second kappa shape index (κ2) is 11.2. The van der Waals surface area contributed by atoms with Crippen molar-refractivity contribution in [3.8, 4) is 6.07 Å². The molecule has 0 aromatic heterocycles. The highest BCUT2D eigenvalue weighted by atomic mass is 35.5. The summed E-state index contributed by atoms with van der Waals surface area (Å²) in [5.74, 6) is -1.32. The van der Waals surface area contributed by atoms with E-state index >= 15 is 0 Å². The minimum atomic E-state index is -0.601. The molecule has 0 saturated carbocycles. The number of nitrogens with one attached hydrogen (secondary N) is 1. The zero-order chi connectivity index (χ0) is 24.8. The molecule has 0 radical (unpaired) electrons. The molecule has 0 aliphatic carbocycles. The van der Waals surface area contributed by atoms with E-state index in [1.165, 1.54) is 29.2 Å². The molecule has 0 spiro atoms. The van der Waals surface area contributed by atoms with E-state index in [0.29, 0.717) is 30.1 Å². The van der Waals surface area contributed by atoms with Gasteiger partial charge in [0.15, 0.2) is 0 Å². The number of rotatable bonds is 7. The van der Waals surface area contributed by atoms with E-state index in [9.17, 15) is 19.2 Å². The molecule has 5 nitrogen and oxygen atoms in total. The van der Waals surface area contributed by atoms with E-state index in [2.05, 4.69) is 5.32 Å². The third kappa shape index (κ3) is 5.73. The fraction of sp³-hybridized carbons (Fsp3) is 0.148. The van der Waals surface area contributed by atoms with Crippen LogP contribution < -0.4 is 10.2 Å². The Morgan fingerprint density at radius 2 is 1.74 bits per heavy atom. The topological polar surface area (TPSA) is 73.2 Å². The molecule has 1 aliphatic rings. The van der Waals surface area contributed by atoms with Crippen LogP contribution in [-0.4, -0.2) is 23.6 Å². The van der Waals surface area contributed by atoms with Gasteiger partial charge in [-0.3, -0.25) is 14.5 Å². The smallest absolute Gasteiger partial charge is 0.264 e.